The summed E-state index contributed by atoms with van der Waals surface area (Å²) in [6.45, 7) is 0.284. The van der Waals surface area contributed by atoms with Gasteiger partial charge >= 0.3 is 5.97 Å². The van der Waals surface area contributed by atoms with Crippen LogP contribution in [-0.2, 0) is 4.79 Å². The third-order valence-corrected chi connectivity index (χ3v) is 2.73. The molecule has 0 aromatic rings. The number of carboxylic acids is 1. The molecule has 1 fully saturated rings. The van der Waals surface area contributed by atoms with Crippen LogP contribution in [0, 0.1) is 11.8 Å². The molecule has 3 N–H and O–H groups in total. The van der Waals surface area contributed by atoms with Gasteiger partial charge in [-0.05, 0) is 12.3 Å². The van der Waals surface area contributed by atoms with Crippen LogP contribution in [-0.4, -0.2) is 17.6 Å². The van der Waals surface area contributed by atoms with Gasteiger partial charge in [-0.1, -0.05) is 25.7 Å². The van der Waals surface area contributed by atoms with Crippen molar-refractivity contribution in [3.63, 3.8) is 0 Å². The largest absolute Gasteiger partial charge is 0.481 e. The maximum absolute atomic E-state index is 10.6. The summed E-state index contributed by atoms with van der Waals surface area (Å²) < 4.78 is 0. The summed E-state index contributed by atoms with van der Waals surface area (Å²) in [4.78, 5) is 10.6. The minimum atomic E-state index is -0.732. The molecule has 1 atom stereocenters. The van der Waals surface area contributed by atoms with Crippen LogP contribution in [0.4, 0.5) is 0 Å². The molecule has 12 heavy (non-hydrogen) atoms. The zero-order valence-corrected chi connectivity index (χ0v) is 7.33. The Morgan fingerprint density at radius 1 is 1.50 bits per heavy atom. The van der Waals surface area contributed by atoms with Gasteiger partial charge in [-0.2, -0.15) is 0 Å². The Kier molecular flexibility index (Phi) is 3.53. The zero-order valence-electron chi connectivity index (χ0n) is 7.33. The van der Waals surface area contributed by atoms with Crippen molar-refractivity contribution in [1.29, 1.82) is 0 Å². The van der Waals surface area contributed by atoms with Crippen molar-refractivity contribution in [1.82, 2.24) is 0 Å². The van der Waals surface area contributed by atoms with Crippen molar-refractivity contribution in [2.75, 3.05) is 6.54 Å². The smallest absolute Gasteiger partial charge is 0.307 e. The predicted octanol–water partition coefficient (Wildman–Crippen LogP) is 1.23. The first-order valence-electron chi connectivity index (χ1n) is 4.67. The lowest BCUT2D eigenvalue weighted by molar-refractivity contribution is -0.141. The van der Waals surface area contributed by atoms with E-state index in [1.807, 2.05) is 0 Å². The van der Waals surface area contributed by atoms with Crippen LogP contribution in [0.15, 0.2) is 0 Å². The Morgan fingerprint density at radius 2 is 2.08 bits per heavy atom. The van der Waals surface area contributed by atoms with Crippen molar-refractivity contribution in [3.8, 4) is 0 Å². The van der Waals surface area contributed by atoms with Crippen molar-refractivity contribution < 1.29 is 9.90 Å². The van der Waals surface area contributed by atoms with E-state index in [4.69, 9.17) is 10.8 Å². The Bertz CT molecular complexity index is 153. The minimum absolute atomic E-state index is 0.284. The first kappa shape index (κ1) is 9.52. The second-order valence-corrected chi connectivity index (χ2v) is 3.66. The molecule has 3 heteroatoms. The molecule has 0 unspecified atom stereocenters. The monoisotopic (exact) mass is 171 g/mol. The van der Waals surface area contributed by atoms with E-state index in [0.717, 1.165) is 6.42 Å². The molecule has 70 valence electrons. The van der Waals surface area contributed by atoms with E-state index in [1.165, 1.54) is 25.7 Å². The van der Waals surface area contributed by atoms with Crippen LogP contribution in [0.2, 0.25) is 0 Å². The zero-order chi connectivity index (χ0) is 8.97. The second-order valence-electron chi connectivity index (χ2n) is 3.66. The van der Waals surface area contributed by atoms with Gasteiger partial charge in [0.15, 0.2) is 0 Å². The molecule has 3 nitrogen and oxygen atoms in total. The van der Waals surface area contributed by atoms with E-state index in [0.29, 0.717) is 5.92 Å². The van der Waals surface area contributed by atoms with Gasteiger partial charge in [0.1, 0.15) is 0 Å². The van der Waals surface area contributed by atoms with Crippen molar-refractivity contribution in [2.45, 2.75) is 32.1 Å². The lowest BCUT2D eigenvalue weighted by Gasteiger charge is -2.14. The maximum Gasteiger partial charge on any atom is 0.307 e. The average molecular weight is 171 g/mol. The SMILES string of the molecule is NC[C@H](CC1CCCC1)C(=O)O. The molecule has 0 heterocycles. The van der Waals surface area contributed by atoms with E-state index in [9.17, 15) is 4.79 Å². The average Bonchev–Trinajstić information content (AvgIpc) is 2.51. The van der Waals surface area contributed by atoms with Gasteiger partial charge in [0.25, 0.3) is 0 Å². The molecule has 0 aromatic heterocycles. The molecule has 0 radical (unpaired) electrons. The number of carbonyl (C=O) groups is 1. The van der Waals surface area contributed by atoms with Crippen LogP contribution in [0.3, 0.4) is 0 Å². The first-order valence-corrected chi connectivity index (χ1v) is 4.67. The van der Waals surface area contributed by atoms with E-state index < -0.39 is 5.97 Å². The minimum Gasteiger partial charge on any atom is -0.481 e. The Balaban J connectivity index is 2.30. The van der Waals surface area contributed by atoms with Crippen LogP contribution in [0.1, 0.15) is 32.1 Å². The highest BCUT2D eigenvalue weighted by Crippen LogP contribution is 2.30. The summed E-state index contributed by atoms with van der Waals surface area (Å²) in [5, 5.41) is 8.75. The lowest BCUT2D eigenvalue weighted by Crippen LogP contribution is -2.25. The quantitative estimate of drug-likeness (QED) is 0.668. The Morgan fingerprint density at radius 3 is 2.50 bits per heavy atom. The van der Waals surface area contributed by atoms with Gasteiger partial charge in [-0.25, -0.2) is 0 Å². The molecular weight excluding hydrogens is 154 g/mol. The van der Waals surface area contributed by atoms with Crippen molar-refractivity contribution >= 4 is 5.97 Å². The number of carboxylic acid groups (broad SMARTS) is 1. The molecule has 1 saturated carbocycles. The highest BCUT2D eigenvalue weighted by molar-refractivity contribution is 5.70. The topological polar surface area (TPSA) is 63.3 Å². The molecule has 0 aliphatic heterocycles. The molecule has 0 aromatic carbocycles. The van der Waals surface area contributed by atoms with Gasteiger partial charge in [0.05, 0.1) is 5.92 Å². The highest BCUT2D eigenvalue weighted by atomic mass is 16.4. The van der Waals surface area contributed by atoms with Gasteiger partial charge < -0.3 is 10.8 Å². The van der Waals surface area contributed by atoms with Gasteiger partial charge in [0, 0.05) is 6.54 Å². The molecule has 1 rings (SSSR count). The molecule has 0 amide bonds. The fourth-order valence-corrected chi connectivity index (χ4v) is 1.95. The standard InChI is InChI=1S/C9H17NO2/c10-6-8(9(11)12)5-7-3-1-2-4-7/h7-8H,1-6,10H2,(H,11,12)/t8-/m0/s1. The van der Waals surface area contributed by atoms with Crippen LogP contribution < -0.4 is 5.73 Å². The number of rotatable bonds is 4. The normalized spacial score (nSPS) is 21.1. The molecule has 0 spiro atoms. The van der Waals surface area contributed by atoms with Gasteiger partial charge in [-0.3, -0.25) is 4.79 Å². The van der Waals surface area contributed by atoms with E-state index in [2.05, 4.69) is 0 Å². The summed E-state index contributed by atoms with van der Waals surface area (Å²) in [5.74, 6) is -0.424. The van der Waals surface area contributed by atoms with Crippen molar-refractivity contribution in [2.24, 2.45) is 17.6 Å². The summed E-state index contributed by atoms with van der Waals surface area (Å²) in [6.07, 6.45) is 5.71. The molecule has 0 saturated heterocycles. The number of nitrogens with two attached hydrogens (primary N) is 1. The van der Waals surface area contributed by atoms with Crippen LogP contribution in [0.25, 0.3) is 0 Å². The number of hydrogen-bond acceptors (Lipinski definition) is 2. The molecule has 1 aliphatic rings. The van der Waals surface area contributed by atoms with E-state index in [1.54, 1.807) is 0 Å². The summed E-state index contributed by atoms with van der Waals surface area (Å²) in [7, 11) is 0. The highest BCUT2D eigenvalue weighted by Gasteiger charge is 2.23. The third-order valence-electron chi connectivity index (χ3n) is 2.73. The first-order chi connectivity index (χ1) is 5.74. The third kappa shape index (κ3) is 2.48. The number of hydrogen-bond donors (Lipinski definition) is 2. The van der Waals surface area contributed by atoms with Gasteiger partial charge in [-0.15, -0.1) is 0 Å². The lowest BCUT2D eigenvalue weighted by atomic mass is 9.93. The predicted molar refractivity (Wildman–Crippen MR) is 46.8 cm³/mol. The summed E-state index contributed by atoms with van der Waals surface area (Å²) >= 11 is 0. The Hall–Kier alpha value is -0.570. The molecule has 1 aliphatic carbocycles. The fourth-order valence-electron chi connectivity index (χ4n) is 1.95. The summed E-state index contributed by atoms with van der Waals surface area (Å²) in [6, 6.07) is 0. The second kappa shape index (κ2) is 4.45. The molecule has 0 bridgehead atoms. The van der Waals surface area contributed by atoms with Crippen LogP contribution >= 0.6 is 0 Å². The fraction of sp³-hybridized carbons (Fsp3) is 0.889. The summed E-state index contributed by atoms with van der Waals surface area (Å²) in [5.41, 5.74) is 5.37. The molecular formula is C9H17NO2. The van der Waals surface area contributed by atoms with Crippen LogP contribution in [0.5, 0.6) is 0 Å². The number of aliphatic carboxylic acids is 1. The van der Waals surface area contributed by atoms with E-state index in [-0.39, 0.29) is 12.5 Å². The Labute approximate surface area is 72.9 Å². The van der Waals surface area contributed by atoms with Gasteiger partial charge in [0.2, 0.25) is 0 Å². The maximum atomic E-state index is 10.6. The van der Waals surface area contributed by atoms with Crippen molar-refractivity contribution in [3.05, 3.63) is 0 Å². The van der Waals surface area contributed by atoms with E-state index >= 15 is 0 Å².